The Bertz CT molecular complexity index is 572. The summed E-state index contributed by atoms with van der Waals surface area (Å²) < 4.78 is 21.5. The summed E-state index contributed by atoms with van der Waals surface area (Å²) >= 11 is 0. The molecule has 0 unspecified atom stereocenters. The van der Waals surface area contributed by atoms with Gasteiger partial charge in [-0.05, 0) is 57.5 Å². The fraction of sp³-hybridized carbons (Fsp3) is 0.579. The second-order valence-electron chi connectivity index (χ2n) is 6.92. The summed E-state index contributed by atoms with van der Waals surface area (Å²) in [7, 11) is 4.24. The van der Waals surface area contributed by atoms with E-state index >= 15 is 0 Å². The molecule has 1 heterocycles. The minimum absolute atomic E-state index is 0.0187. The smallest absolute Gasteiger partial charge is 0.171 e. The van der Waals surface area contributed by atoms with Crippen molar-refractivity contribution in [2.45, 2.75) is 37.6 Å². The van der Waals surface area contributed by atoms with Crippen LogP contribution in [0.2, 0.25) is 0 Å². The van der Waals surface area contributed by atoms with Crippen LogP contribution in [0.1, 0.15) is 36.8 Å². The van der Waals surface area contributed by atoms with Crippen LogP contribution in [-0.4, -0.2) is 48.9 Å². The molecule has 0 aliphatic carbocycles. The first-order valence-corrected chi connectivity index (χ1v) is 10.7. The largest absolute Gasteiger partial charge is 0.306 e. The Morgan fingerprint density at radius 2 is 1.80 bits per heavy atom. The van der Waals surface area contributed by atoms with Crippen molar-refractivity contribution >= 4 is 23.0 Å². The van der Waals surface area contributed by atoms with Crippen LogP contribution < -0.4 is 0 Å². The van der Waals surface area contributed by atoms with Gasteiger partial charge in [0.15, 0.2) is 16.9 Å². The average molecular weight is 378 g/mol. The molecule has 1 aliphatic rings. The highest BCUT2D eigenvalue weighted by atomic mass is 31.1. The van der Waals surface area contributed by atoms with Gasteiger partial charge in [0.05, 0.1) is 0 Å². The molecule has 6 heteroatoms. The summed E-state index contributed by atoms with van der Waals surface area (Å²) in [4.78, 5) is 4.64. The van der Waals surface area contributed by atoms with Crippen LogP contribution in [0.3, 0.4) is 0 Å². The molecule has 0 N–H and O–H groups in total. The Hall–Kier alpha value is -0.920. The molecule has 0 radical (unpaired) electrons. The van der Waals surface area contributed by atoms with Crippen LogP contribution in [0.15, 0.2) is 29.8 Å². The summed E-state index contributed by atoms with van der Waals surface area (Å²) in [5.74, 6) is 0. The van der Waals surface area contributed by atoms with E-state index in [4.69, 9.17) is 0 Å². The zero-order valence-electron chi connectivity index (χ0n) is 15.2. The van der Waals surface area contributed by atoms with E-state index in [2.05, 4.69) is 54.2 Å². The molecule has 1 aliphatic heterocycles. The lowest BCUT2D eigenvalue weighted by Crippen LogP contribution is -2.26. The Kier molecular flexibility index (Phi) is 8.92. The third-order valence-corrected chi connectivity index (χ3v) is 6.25. The van der Waals surface area contributed by atoms with Gasteiger partial charge in [-0.15, -0.1) is 0 Å². The second-order valence-corrected chi connectivity index (χ2v) is 8.99. The quantitative estimate of drug-likeness (QED) is 0.572. The molecule has 0 amide bonds. The first-order chi connectivity index (χ1) is 12.1. The molecule has 0 bridgehead atoms. The molecular formula is C19H28N2O2P2. The fourth-order valence-corrected chi connectivity index (χ4v) is 3.79. The predicted molar refractivity (Wildman–Crippen MR) is 106 cm³/mol. The zero-order chi connectivity index (χ0) is 18.1. The Balaban J connectivity index is 1.78. The molecule has 0 saturated carbocycles. The van der Waals surface area contributed by atoms with Crippen molar-refractivity contribution < 1.29 is 9.13 Å². The third kappa shape index (κ3) is 7.46. The Labute approximate surface area is 154 Å². The lowest BCUT2D eigenvalue weighted by Gasteiger charge is -2.24. The molecule has 1 saturated heterocycles. The number of likely N-dealkylation sites (tertiary alicyclic amines) is 1. The molecule has 1 fully saturated rings. The van der Waals surface area contributed by atoms with Gasteiger partial charge in [0.2, 0.25) is 0 Å². The van der Waals surface area contributed by atoms with Gasteiger partial charge in [-0.3, -0.25) is 9.13 Å². The third-order valence-electron chi connectivity index (χ3n) is 4.68. The van der Waals surface area contributed by atoms with Gasteiger partial charge in [-0.1, -0.05) is 35.9 Å². The van der Waals surface area contributed by atoms with Crippen LogP contribution in [0.4, 0.5) is 0 Å². The maximum absolute atomic E-state index is 10.8. The minimum atomic E-state index is -0.250. The number of rotatable bonds is 9. The zero-order valence-corrected chi connectivity index (χ0v) is 17.0. The molecule has 1 aromatic rings. The molecule has 1 aromatic carbocycles. The van der Waals surface area contributed by atoms with E-state index in [1.54, 1.807) is 5.57 Å². The van der Waals surface area contributed by atoms with Crippen molar-refractivity contribution in [2.75, 3.05) is 33.7 Å². The summed E-state index contributed by atoms with van der Waals surface area (Å²) in [5.41, 5.74) is 4.14. The SMILES string of the molecule is CN1CCC(=Cc2ccc(CN(C)CCCC(P=O)P=O)cc2)CC1. The standard InChI is InChI=1S/C19H28N2O2P2/c1-20-12-9-17(10-13-20)14-16-5-7-18(8-6-16)15-21(2)11-3-4-19(24-22)25-23/h5-8,14,19H,3-4,9-13,15H2,1-2H3. The highest BCUT2D eigenvalue weighted by Crippen LogP contribution is 2.24. The van der Waals surface area contributed by atoms with E-state index in [9.17, 15) is 9.13 Å². The van der Waals surface area contributed by atoms with Crippen LogP contribution in [0.5, 0.6) is 0 Å². The van der Waals surface area contributed by atoms with E-state index < -0.39 is 0 Å². The van der Waals surface area contributed by atoms with E-state index in [1.165, 1.54) is 24.0 Å². The van der Waals surface area contributed by atoms with Crippen molar-refractivity contribution in [1.29, 1.82) is 0 Å². The van der Waals surface area contributed by atoms with Crippen molar-refractivity contribution in [2.24, 2.45) is 0 Å². The first kappa shape index (κ1) is 20.4. The molecule has 0 aromatic heterocycles. The van der Waals surface area contributed by atoms with Gasteiger partial charge in [-0.2, -0.15) is 0 Å². The van der Waals surface area contributed by atoms with E-state index in [0.29, 0.717) is 0 Å². The lowest BCUT2D eigenvalue weighted by molar-refractivity contribution is 0.313. The van der Waals surface area contributed by atoms with Crippen LogP contribution in [-0.2, 0) is 15.7 Å². The van der Waals surface area contributed by atoms with Gasteiger partial charge in [0.25, 0.3) is 0 Å². The highest BCUT2D eigenvalue weighted by molar-refractivity contribution is 7.44. The Morgan fingerprint density at radius 3 is 2.40 bits per heavy atom. The topological polar surface area (TPSA) is 40.6 Å². The number of piperidine rings is 1. The summed E-state index contributed by atoms with van der Waals surface area (Å²) in [5, 5.41) is -0.250. The number of hydrogen-bond donors (Lipinski definition) is 0. The van der Waals surface area contributed by atoms with Crippen molar-refractivity contribution in [3.8, 4) is 0 Å². The summed E-state index contributed by atoms with van der Waals surface area (Å²) in [6, 6.07) is 8.81. The van der Waals surface area contributed by atoms with Crippen molar-refractivity contribution in [1.82, 2.24) is 9.80 Å². The predicted octanol–water partition coefficient (Wildman–Crippen LogP) is 4.92. The maximum Gasteiger partial charge on any atom is 0.171 e. The number of hydrogen-bond acceptors (Lipinski definition) is 4. The summed E-state index contributed by atoms with van der Waals surface area (Å²) in [6.07, 6.45) is 6.32. The molecule has 25 heavy (non-hydrogen) atoms. The minimum Gasteiger partial charge on any atom is -0.306 e. The number of nitrogens with zero attached hydrogens (tertiary/aromatic N) is 2. The molecule has 2 rings (SSSR count). The molecule has 0 atom stereocenters. The van der Waals surface area contributed by atoms with Crippen molar-refractivity contribution in [3.63, 3.8) is 0 Å². The van der Waals surface area contributed by atoms with Gasteiger partial charge in [-0.25, -0.2) is 0 Å². The van der Waals surface area contributed by atoms with Crippen LogP contribution >= 0.6 is 16.9 Å². The summed E-state index contributed by atoms with van der Waals surface area (Å²) in [6.45, 7) is 4.14. The lowest BCUT2D eigenvalue weighted by atomic mass is 10.0. The van der Waals surface area contributed by atoms with Crippen LogP contribution in [0.25, 0.3) is 6.08 Å². The van der Waals surface area contributed by atoms with Gasteiger partial charge < -0.3 is 9.80 Å². The maximum atomic E-state index is 10.8. The van der Waals surface area contributed by atoms with E-state index in [-0.39, 0.29) is 22.3 Å². The first-order valence-electron chi connectivity index (χ1n) is 8.91. The second kappa shape index (κ2) is 10.9. The normalized spacial score (nSPS) is 17.3. The van der Waals surface area contributed by atoms with Crippen LogP contribution in [0, 0.1) is 0 Å². The Morgan fingerprint density at radius 1 is 1.16 bits per heavy atom. The molecular weight excluding hydrogens is 350 g/mol. The molecule has 0 spiro atoms. The van der Waals surface area contributed by atoms with E-state index in [0.717, 1.165) is 39.0 Å². The monoisotopic (exact) mass is 378 g/mol. The van der Waals surface area contributed by atoms with Gasteiger partial charge in [0.1, 0.15) is 5.40 Å². The van der Waals surface area contributed by atoms with Gasteiger partial charge in [0, 0.05) is 19.6 Å². The number of benzene rings is 1. The fourth-order valence-electron chi connectivity index (χ4n) is 3.06. The van der Waals surface area contributed by atoms with Crippen molar-refractivity contribution in [3.05, 3.63) is 41.0 Å². The highest BCUT2D eigenvalue weighted by Gasteiger charge is 2.10. The molecule has 136 valence electrons. The van der Waals surface area contributed by atoms with E-state index in [1.807, 2.05) is 0 Å². The average Bonchev–Trinajstić information content (AvgIpc) is 2.62. The van der Waals surface area contributed by atoms with Gasteiger partial charge >= 0.3 is 0 Å². The molecule has 4 nitrogen and oxygen atoms in total.